The van der Waals surface area contributed by atoms with Gasteiger partial charge in [-0.15, -0.1) is 5.10 Å². The van der Waals surface area contributed by atoms with Gasteiger partial charge >= 0.3 is 6.01 Å². The lowest BCUT2D eigenvalue weighted by molar-refractivity contribution is 0.430. The van der Waals surface area contributed by atoms with Crippen LogP contribution in [0.5, 0.6) is 0 Å². The Morgan fingerprint density at radius 3 is 2.79 bits per heavy atom. The van der Waals surface area contributed by atoms with E-state index in [1.165, 1.54) is 0 Å². The highest BCUT2D eigenvalue weighted by Gasteiger charge is 2.13. The summed E-state index contributed by atoms with van der Waals surface area (Å²) in [5.74, 6) is 0.567. The molecule has 0 bridgehead atoms. The number of benzene rings is 1. The molecular formula is C12H14Br2N4O. The first-order valence-corrected chi connectivity index (χ1v) is 7.47. The molecule has 1 aromatic heterocycles. The molecule has 0 fully saturated rings. The molecule has 102 valence electrons. The summed E-state index contributed by atoms with van der Waals surface area (Å²) in [6.45, 7) is 4.87. The Balaban J connectivity index is 2.11. The van der Waals surface area contributed by atoms with Crippen molar-refractivity contribution < 1.29 is 4.42 Å². The first-order chi connectivity index (χ1) is 9.10. The molecule has 2 N–H and O–H groups in total. The second kappa shape index (κ2) is 6.49. The fourth-order valence-electron chi connectivity index (χ4n) is 1.56. The molecule has 7 heteroatoms. The molecule has 1 atom stereocenters. The van der Waals surface area contributed by atoms with Gasteiger partial charge in [-0.1, -0.05) is 28.0 Å². The van der Waals surface area contributed by atoms with Gasteiger partial charge in [-0.3, -0.25) is 0 Å². The second-order valence-electron chi connectivity index (χ2n) is 3.97. The molecule has 1 unspecified atom stereocenters. The third-order valence-corrected chi connectivity index (χ3v) is 3.64. The minimum Gasteiger partial charge on any atom is -0.406 e. The van der Waals surface area contributed by atoms with Crippen LogP contribution in [0, 0.1) is 0 Å². The van der Waals surface area contributed by atoms with Crippen molar-refractivity contribution in [3.8, 4) is 0 Å². The molecule has 1 heterocycles. The Morgan fingerprint density at radius 2 is 2.11 bits per heavy atom. The number of aromatic nitrogens is 2. The molecule has 0 aliphatic rings. The molecule has 0 aliphatic heterocycles. The van der Waals surface area contributed by atoms with E-state index in [4.69, 9.17) is 4.42 Å². The first kappa shape index (κ1) is 14.5. The van der Waals surface area contributed by atoms with Crippen molar-refractivity contribution in [1.29, 1.82) is 0 Å². The third-order valence-electron chi connectivity index (χ3n) is 2.49. The van der Waals surface area contributed by atoms with E-state index in [0.29, 0.717) is 11.9 Å². The predicted molar refractivity (Wildman–Crippen MR) is 81.5 cm³/mol. The van der Waals surface area contributed by atoms with Gasteiger partial charge in [0.2, 0.25) is 5.89 Å². The van der Waals surface area contributed by atoms with E-state index in [1.807, 2.05) is 32.0 Å². The summed E-state index contributed by atoms with van der Waals surface area (Å²) >= 11 is 6.88. The van der Waals surface area contributed by atoms with Crippen LogP contribution in [0.3, 0.4) is 0 Å². The van der Waals surface area contributed by atoms with Gasteiger partial charge in [0, 0.05) is 8.95 Å². The fourth-order valence-corrected chi connectivity index (χ4v) is 2.71. The van der Waals surface area contributed by atoms with Crippen molar-refractivity contribution in [2.24, 2.45) is 0 Å². The van der Waals surface area contributed by atoms with Crippen LogP contribution in [0.2, 0.25) is 0 Å². The van der Waals surface area contributed by atoms with Crippen molar-refractivity contribution in [2.75, 3.05) is 11.9 Å². The normalized spacial score (nSPS) is 12.4. The molecule has 0 saturated heterocycles. The van der Waals surface area contributed by atoms with Gasteiger partial charge in [-0.05, 0) is 47.6 Å². The van der Waals surface area contributed by atoms with Crippen LogP contribution in [0.4, 0.5) is 11.7 Å². The van der Waals surface area contributed by atoms with Crippen molar-refractivity contribution >= 4 is 43.6 Å². The zero-order valence-corrected chi connectivity index (χ0v) is 13.7. The summed E-state index contributed by atoms with van der Waals surface area (Å²) in [6.07, 6.45) is 0. The van der Waals surface area contributed by atoms with E-state index < -0.39 is 0 Å². The molecule has 1 aromatic carbocycles. The van der Waals surface area contributed by atoms with Crippen LogP contribution in [0.15, 0.2) is 31.6 Å². The average molecular weight is 390 g/mol. The highest BCUT2D eigenvalue weighted by atomic mass is 79.9. The number of rotatable bonds is 5. The first-order valence-electron chi connectivity index (χ1n) is 5.89. The van der Waals surface area contributed by atoms with E-state index in [2.05, 4.69) is 52.7 Å². The Labute approximate surface area is 128 Å². The van der Waals surface area contributed by atoms with E-state index in [0.717, 1.165) is 21.2 Å². The predicted octanol–water partition coefficient (Wildman–Crippen LogP) is 4.01. The van der Waals surface area contributed by atoms with Gasteiger partial charge in [0.15, 0.2) is 0 Å². The number of hydrogen-bond donors (Lipinski definition) is 2. The lowest BCUT2D eigenvalue weighted by Crippen LogP contribution is -2.17. The number of nitrogens with zero attached hydrogens (tertiary/aromatic N) is 2. The Kier molecular flexibility index (Phi) is 4.95. The minimum atomic E-state index is 0.0430. The molecule has 19 heavy (non-hydrogen) atoms. The fraction of sp³-hybridized carbons (Fsp3) is 0.333. The highest BCUT2D eigenvalue weighted by Crippen LogP contribution is 2.28. The maximum absolute atomic E-state index is 5.56. The van der Waals surface area contributed by atoms with Crippen molar-refractivity contribution in [2.45, 2.75) is 19.9 Å². The zero-order chi connectivity index (χ0) is 13.8. The van der Waals surface area contributed by atoms with Gasteiger partial charge in [-0.2, -0.15) is 0 Å². The molecule has 2 rings (SSSR count). The van der Waals surface area contributed by atoms with E-state index in [9.17, 15) is 0 Å². The van der Waals surface area contributed by atoms with Gasteiger partial charge in [0.05, 0.1) is 11.7 Å². The highest BCUT2D eigenvalue weighted by molar-refractivity contribution is 9.11. The molecule has 0 amide bonds. The van der Waals surface area contributed by atoms with Crippen LogP contribution < -0.4 is 10.6 Å². The Bertz CT molecular complexity index is 558. The average Bonchev–Trinajstić information content (AvgIpc) is 2.82. The van der Waals surface area contributed by atoms with Gasteiger partial charge in [0.1, 0.15) is 0 Å². The number of hydrogen-bond acceptors (Lipinski definition) is 5. The smallest absolute Gasteiger partial charge is 0.320 e. The van der Waals surface area contributed by atoms with Crippen LogP contribution in [-0.2, 0) is 0 Å². The van der Waals surface area contributed by atoms with Crippen molar-refractivity contribution in [3.05, 3.63) is 33.0 Å². The largest absolute Gasteiger partial charge is 0.406 e. The lowest BCUT2D eigenvalue weighted by Gasteiger charge is -2.06. The zero-order valence-electron chi connectivity index (χ0n) is 10.6. The summed E-state index contributed by atoms with van der Waals surface area (Å²) in [7, 11) is 0. The van der Waals surface area contributed by atoms with Crippen LogP contribution in [0.1, 0.15) is 25.8 Å². The van der Waals surface area contributed by atoms with Crippen molar-refractivity contribution in [1.82, 2.24) is 15.5 Å². The van der Waals surface area contributed by atoms with Crippen molar-refractivity contribution in [3.63, 3.8) is 0 Å². The summed E-state index contributed by atoms with van der Waals surface area (Å²) in [5, 5.41) is 14.3. The monoisotopic (exact) mass is 388 g/mol. The van der Waals surface area contributed by atoms with Gasteiger partial charge in [-0.25, -0.2) is 0 Å². The topological polar surface area (TPSA) is 63.0 Å². The SMILES string of the molecule is CCNC(C)c1nnc(Nc2ccc(Br)cc2Br)o1. The number of anilines is 2. The van der Waals surface area contributed by atoms with E-state index in [-0.39, 0.29) is 6.04 Å². The summed E-state index contributed by atoms with van der Waals surface area (Å²) in [5.41, 5.74) is 0.870. The maximum atomic E-state index is 5.56. The summed E-state index contributed by atoms with van der Waals surface area (Å²) < 4.78 is 7.47. The minimum absolute atomic E-state index is 0.0430. The molecule has 2 aromatic rings. The Morgan fingerprint density at radius 1 is 1.32 bits per heavy atom. The van der Waals surface area contributed by atoms with Crippen LogP contribution >= 0.6 is 31.9 Å². The maximum Gasteiger partial charge on any atom is 0.320 e. The van der Waals surface area contributed by atoms with E-state index in [1.54, 1.807) is 0 Å². The van der Waals surface area contributed by atoms with Gasteiger partial charge in [0.25, 0.3) is 0 Å². The molecule has 0 aliphatic carbocycles. The molecule has 0 saturated carbocycles. The molecule has 0 spiro atoms. The number of nitrogens with one attached hydrogen (secondary N) is 2. The quantitative estimate of drug-likeness (QED) is 0.808. The second-order valence-corrected chi connectivity index (χ2v) is 5.74. The van der Waals surface area contributed by atoms with E-state index >= 15 is 0 Å². The summed E-state index contributed by atoms with van der Waals surface area (Å²) in [4.78, 5) is 0. The number of halogens is 2. The Hall–Kier alpha value is -0.920. The standard InChI is InChI=1S/C12H14Br2N4O/c1-3-15-7(2)11-17-18-12(19-11)16-10-5-4-8(13)6-9(10)14/h4-7,15H,3H2,1-2H3,(H,16,18). The molecular weight excluding hydrogens is 376 g/mol. The summed E-state index contributed by atoms with van der Waals surface area (Å²) in [6, 6.07) is 6.22. The van der Waals surface area contributed by atoms with Gasteiger partial charge < -0.3 is 15.1 Å². The molecule has 0 radical (unpaired) electrons. The third kappa shape index (κ3) is 3.77. The molecule has 5 nitrogen and oxygen atoms in total. The van der Waals surface area contributed by atoms with Crippen LogP contribution in [-0.4, -0.2) is 16.7 Å². The lowest BCUT2D eigenvalue weighted by atomic mass is 10.3. The van der Waals surface area contributed by atoms with Crippen LogP contribution in [0.25, 0.3) is 0 Å².